The molecule has 0 bridgehead atoms. The molecule has 0 spiro atoms. The van der Waals surface area contributed by atoms with Crippen molar-refractivity contribution in [2.24, 2.45) is 17.8 Å². The first-order valence-corrected chi connectivity index (χ1v) is 4.84. The standard InChI is InChI=1S/C10H19NO/c1-7(2)4-10(12)8(3)9-5-11-6-9/h7-9,11H,4-6H2,1-3H3. The summed E-state index contributed by atoms with van der Waals surface area (Å²) in [5, 5.41) is 3.20. The maximum Gasteiger partial charge on any atom is 0.136 e. The Morgan fingerprint density at radius 2 is 2.00 bits per heavy atom. The van der Waals surface area contributed by atoms with Crippen LogP contribution in [0.15, 0.2) is 0 Å². The van der Waals surface area contributed by atoms with Crippen molar-refractivity contribution in [3.63, 3.8) is 0 Å². The number of Topliss-reactive ketones (excluding diaryl/α,β-unsaturated/α-hetero) is 1. The summed E-state index contributed by atoms with van der Waals surface area (Å²) in [6, 6.07) is 0. The molecule has 0 aromatic heterocycles. The molecule has 0 amide bonds. The van der Waals surface area contributed by atoms with Crippen LogP contribution < -0.4 is 5.32 Å². The highest BCUT2D eigenvalue weighted by Gasteiger charge is 2.28. The van der Waals surface area contributed by atoms with Crippen LogP contribution in [-0.4, -0.2) is 18.9 Å². The second kappa shape index (κ2) is 4.04. The number of ketones is 1. The fourth-order valence-corrected chi connectivity index (χ4v) is 1.52. The van der Waals surface area contributed by atoms with E-state index in [1.807, 2.05) is 0 Å². The molecule has 1 saturated heterocycles. The minimum atomic E-state index is 0.272. The largest absolute Gasteiger partial charge is 0.316 e. The van der Waals surface area contributed by atoms with Crippen LogP contribution in [0.1, 0.15) is 27.2 Å². The second-order valence-electron chi connectivity index (χ2n) is 4.27. The summed E-state index contributed by atoms with van der Waals surface area (Å²) in [7, 11) is 0. The fourth-order valence-electron chi connectivity index (χ4n) is 1.52. The molecule has 1 N–H and O–H groups in total. The molecule has 0 saturated carbocycles. The summed E-state index contributed by atoms with van der Waals surface area (Å²) in [6.45, 7) is 8.33. The predicted molar refractivity (Wildman–Crippen MR) is 50.0 cm³/mol. The molecule has 1 rings (SSSR count). The molecule has 1 heterocycles. The summed E-state index contributed by atoms with van der Waals surface area (Å²) >= 11 is 0. The Bertz CT molecular complexity index is 161. The topological polar surface area (TPSA) is 29.1 Å². The van der Waals surface area contributed by atoms with Crippen molar-refractivity contribution in [2.75, 3.05) is 13.1 Å². The third-order valence-electron chi connectivity index (χ3n) is 2.64. The van der Waals surface area contributed by atoms with Crippen molar-refractivity contribution in [1.82, 2.24) is 5.32 Å². The van der Waals surface area contributed by atoms with E-state index in [2.05, 4.69) is 26.1 Å². The first-order valence-electron chi connectivity index (χ1n) is 4.84. The van der Waals surface area contributed by atoms with E-state index in [9.17, 15) is 4.79 Å². The SMILES string of the molecule is CC(C)CC(=O)C(C)C1CNC1. The number of hydrogen-bond acceptors (Lipinski definition) is 2. The second-order valence-corrected chi connectivity index (χ2v) is 4.27. The van der Waals surface area contributed by atoms with Gasteiger partial charge in [0.1, 0.15) is 5.78 Å². The zero-order valence-corrected chi connectivity index (χ0v) is 8.26. The van der Waals surface area contributed by atoms with Gasteiger partial charge in [0.2, 0.25) is 0 Å². The molecule has 1 aliphatic rings. The Kier molecular flexibility index (Phi) is 3.27. The lowest BCUT2D eigenvalue weighted by Gasteiger charge is -2.32. The molecular formula is C10H19NO. The number of carbonyl (C=O) groups is 1. The molecule has 2 nitrogen and oxygen atoms in total. The smallest absolute Gasteiger partial charge is 0.136 e. The van der Waals surface area contributed by atoms with Gasteiger partial charge in [-0.1, -0.05) is 20.8 Å². The van der Waals surface area contributed by atoms with Crippen LogP contribution in [0.5, 0.6) is 0 Å². The van der Waals surface area contributed by atoms with Crippen molar-refractivity contribution in [1.29, 1.82) is 0 Å². The van der Waals surface area contributed by atoms with E-state index >= 15 is 0 Å². The maximum absolute atomic E-state index is 11.6. The molecule has 1 fully saturated rings. The quantitative estimate of drug-likeness (QED) is 0.690. The Hall–Kier alpha value is -0.370. The molecule has 1 atom stereocenters. The van der Waals surface area contributed by atoms with Gasteiger partial charge in [0.05, 0.1) is 0 Å². The van der Waals surface area contributed by atoms with Crippen molar-refractivity contribution >= 4 is 5.78 Å². The minimum absolute atomic E-state index is 0.272. The molecule has 0 aromatic carbocycles. The van der Waals surface area contributed by atoms with Crippen molar-refractivity contribution in [3.05, 3.63) is 0 Å². The fraction of sp³-hybridized carbons (Fsp3) is 0.900. The molecule has 0 aliphatic carbocycles. The first-order chi connectivity index (χ1) is 5.61. The van der Waals surface area contributed by atoms with E-state index in [1.165, 1.54) is 0 Å². The summed E-state index contributed by atoms with van der Waals surface area (Å²) in [5.74, 6) is 1.83. The van der Waals surface area contributed by atoms with Crippen molar-refractivity contribution < 1.29 is 4.79 Å². The van der Waals surface area contributed by atoms with Crippen LogP contribution in [-0.2, 0) is 4.79 Å². The van der Waals surface area contributed by atoms with E-state index in [4.69, 9.17) is 0 Å². The summed E-state index contributed by atoms with van der Waals surface area (Å²) in [4.78, 5) is 11.6. The van der Waals surface area contributed by atoms with Gasteiger partial charge in [-0.25, -0.2) is 0 Å². The van der Waals surface area contributed by atoms with Gasteiger partial charge < -0.3 is 5.32 Å². The molecular weight excluding hydrogens is 150 g/mol. The monoisotopic (exact) mass is 169 g/mol. The summed E-state index contributed by atoms with van der Waals surface area (Å²) in [5.41, 5.74) is 0. The van der Waals surface area contributed by atoms with Gasteiger partial charge in [-0.2, -0.15) is 0 Å². The third kappa shape index (κ3) is 2.31. The highest BCUT2D eigenvalue weighted by molar-refractivity contribution is 5.81. The molecule has 1 aliphatic heterocycles. The number of rotatable bonds is 4. The normalized spacial score (nSPS) is 20.7. The van der Waals surface area contributed by atoms with E-state index in [0.717, 1.165) is 19.5 Å². The Balaban J connectivity index is 2.30. The molecule has 2 heteroatoms. The van der Waals surface area contributed by atoms with Crippen LogP contribution in [0.25, 0.3) is 0 Å². The molecule has 12 heavy (non-hydrogen) atoms. The van der Waals surface area contributed by atoms with Gasteiger partial charge >= 0.3 is 0 Å². The zero-order valence-electron chi connectivity index (χ0n) is 8.26. The van der Waals surface area contributed by atoms with E-state index in [0.29, 0.717) is 17.6 Å². The summed E-state index contributed by atoms with van der Waals surface area (Å²) in [6.07, 6.45) is 0.748. The predicted octanol–water partition coefficient (Wildman–Crippen LogP) is 1.46. The lowest BCUT2D eigenvalue weighted by molar-refractivity contribution is -0.125. The first kappa shape index (κ1) is 9.72. The van der Waals surface area contributed by atoms with Gasteiger partial charge in [-0.15, -0.1) is 0 Å². The van der Waals surface area contributed by atoms with Crippen LogP contribution in [0.3, 0.4) is 0 Å². The average Bonchev–Trinajstić information content (AvgIpc) is 1.81. The zero-order chi connectivity index (χ0) is 9.14. The summed E-state index contributed by atoms with van der Waals surface area (Å²) < 4.78 is 0. The van der Waals surface area contributed by atoms with Crippen LogP contribution in [0.4, 0.5) is 0 Å². The van der Waals surface area contributed by atoms with Gasteiger partial charge in [0.15, 0.2) is 0 Å². The van der Waals surface area contributed by atoms with Crippen molar-refractivity contribution in [2.45, 2.75) is 27.2 Å². The van der Waals surface area contributed by atoms with E-state index in [1.54, 1.807) is 0 Å². The maximum atomic E-state index is 11.6. The average molecular weight is 169 g/mol. The highest BCUT2D eigenvalue weighted by atomic mass is 16.1. The van der Waals surface area contributed by atoms with Gasteiger partial charge in [-0.3, -0.25) is 4.79 Å². The molecule has 70 valence electrons. The Morgan fingerprint density at radius 3 is 2.33 bits per heavy atom. The Morgan fingerprint density at radius 1 is 1.42 bits per heavy atom. The van der Waals surface area contributed by atoms with Gasteiger partial charge in [0, 0.05) is 12.3 Å². The van der Waals surface area contributed by atoms with Crippen LogP contribution >= 0.6 is 0 Å². The molecule has 0 radical (unpaired) electrons. The Labute approximate surface area is 74.7 Å². The lowest BCUT2D eigenvalue weighted by Crippen LogP contribution is -2.47. The lowest BCUT2D eigenvalue weighted by atomic mass is 9.83. The molecule has 0 aromatic rings. The van der Waals surface area contributed by atoms with E-state index in [-0.39, 0.29) is 5.92 Å². The van der Waals surface area contributed by atoms with Gasteiger partial charge in [0.25, 0.3) is 0 Å². The van der Waals surface area contributed by atoms with Crippen molar-refractivity contribution in [3.8, 4) is 0 Å². The minimum Gasteiger partial charge on any atom is -0.316 e. The van der Waals surface area contributed by atoms with Crippen LogP contribution in [0, 0.1) is 17.8 Å². The van der Waals surface area contributed by atoms with E-state index < -0.39 is 0 Å². The highest BCUT2D eigenvalue weighted by Crippen LogP contribution is 2.19. The number of hydrogen-bond donors (Lipinski definition) is 1. The van der Waals surface area contributed by atoms with Crippen LogP contribution in [0.2, 0.25) is 0 Å². The molecule has 1 unspecified atom stereocenters. The number of carbonyl (C=O) groups excluding carboxylic acids is 1. The van der Waals surface area contributed by atoms with Gasteiger partial charge in [-0.05, 0) is 24.9 Å². The number of nitrogens with one attached hydrogen (secondary N) is 1. The third-order valence-corrected chi connectivity index (χ3v) is 2.64.